The molecule has 1 atom stereocenters. The molecule has 0 bridgehead atoms. The van der Waals surface area contributed by atoms with Crippen LogP contribution in [0.15, 0.2) is 0 Å². The van der Waals surface area contributed by atoms with Gasteiger partial charge >= 0.3 is 30.1 Å². The normalized spacial score (nSPS) is 15.0. The van der Waals surface area contributed by atoms with E-state index in [1.165, 1.54) is 34.6 Å². The van der Waals surface area contributed by atoms with Gasteiger partial charge in [0.05, 0.1) is 5.41 Å². The van der Waals surface area contributed by atoms with Crippen LogP contribution < -0.4 is 0 Å². The van der Waals surface area contributed by atoms with Crippen LogP contribution in [0.1, 0.15) is 61.3 Å². The SMILES string of the molecule is CCC(C)(C)C(=O)OC(C)CC(OC(=O)OC(C)(C)C)(C(F)(F)F)C(F)(F)F. The molecule has 0 aliphatic carbocycles. The van der Waals surface area contributed by atoms with Crippen LogP contribution in [0.2, 0.25) is 0 Å². The summed E-state index contributed by atoms with van der Waals surface area (Å²) in [6.07, 6.45) is -17.7. The van der Waals surface area contributed by atoms with E-state index in [1.807, 2.05) is 0 Å². The van der Waals surface area contributed by atoms with Crippen molar-refractivity contribution in [2.75, 3.05) is 0 Å². The van der Waals surface area contributed by atoms with Crippen molar-refractivity contribution in [3.8, 4) is 0 Å². The molecule has 0 aromatic rings. The summed E-state index contributed by atoms with van der Waals surface area (Å²) in [5.41, 5.74) is -7.40. The van der Waals surface area contributed by atoms with Crippen LogP contribution in [0.3, 0.4) is 0 Å². The Morgan fingerprint density at radius 3 is 1.61 bits per heavy atom. The summed E-state index contributed by atoms with van der Waals surface area (Å²) in [4.78, 5) is 23.6. The Kier molecular flexibility index (Phi) is 7.86. The number of carbonyl (C=O) groups is 2. The Morgan fingerprint density at radius 1 is 0.857 bits per heavy atom. The number of hydrogen-bond donors (Lipinski definition) is 0. The summed E-state index contributed by atoms with van der Waals surface area (Å²) in [5.74, 6) is -0.974. The molecule has 0 aromatic carbocycles. The van der Waals surface area contributed by atoms with Crippen LogP contribution >= 0.6 is 0 Å². The van der Waals surface area contributed by atoms with Gasteiger partial charge < -0.3 is 14.2 Å². The van der Waals surface area contributed by atoms with Gasteiger partial charge in [0.1, 0.15) is 11.7 Å². The fourth-order valence-electron chi connectivity index (χ4n) is 1.90. The van der Waals surface area contributed by atoms with Crippen molar-refractivity contribution < 1.29 is 50.1 Å². The van der Waals surface area contributed by atoms with Crippen molar-refractivity contribution in [2.24, 2.45) is 5.41 Å². The number of rotatable bonds is 6. The molecule has 0 amide bonds. The molecule has 0 aliphatic heterocycles. The van der Waals surface area contributed by atoms with E-state index in [1.54, 1.807) is 6.92 Å². The van der Waals surface area contributed by atoms with Crippen molar-refractivity contribution in [3.63, 3.8) is 0 Å². The molecule has 0 fully saturated rings. The molecule has 0 saturated carbocycles. The summed E-state index contributed by atoms with van der Waals surface area (Å²) in [6.45, 7) is 9.05. The number of esters is 1. The number of alkyl halides is 6. The lowest BCUT2D eigenvalue weighted by Crippen LogP contribution is -2.61. The van der Waals surface area contributed by atoms with Gasteiger partial charge in [0.2, 0.25) is 0 Å². The smallest absolute Gasteiger partial charge is 0.462 e. The second-order valence-electron chi connectivity index (χ2n) is 8.05. The molecule has 28 heavy (non-hydrogen) atoms. The minimum Gasteiger partial charge on any atom is -0.462 e. The van der Waals surface area contributed by atoms with Crippen molar-refractivity contribution >= 4 is 12.1 Å². The third kappa shape index (κ3) is 6.73. The largest absolute Gasteiger partial charge is 0.510 e. The predicted octanol–water partition coefficient (Wildman–Crippen LogP) is 5.56. The highest BCUT2D eigenvalue weighted by Crippen LogP contribution is 2.49. The maximum atomic E-state index is 13.5. The average molecular weight is 424 g/mol. The van der Waals surface area contributed by atoms with Gasteiger partial charge in [0.25, 0.3) is 0 Å². The topological polar surface area (TPSA) is 61.8 Å². The van der Waals surface area contributed by atoms with E-state index < -0.39 is 53.6 Å². The van der Waals surface area contributed by atoms with E-state index in [0.717, 1.165) is 6.92 Å². The van der Waals surface area contributed by atoms with E-state index in [4.69, 9.17) is 4.74 Å². The molecule has 0 aromatic heterocycles. The lowest BCUT2D eigenvalue weighted by atomic mass is 9.90. The molecule has 0 N–H and O–H groups in total. The molecule has 1 unspecified atom stereocenters. The predicted molar refractivity (Wildman–Crippen MR) is 86.4 cm³/mol. The first kappa shape index (κ1) is 26.3. The molecule has 0 spiro atoms. The van der Waals surface area contributed by atoms with E-state index in [0.29, 0.717) is 0 Å². The van der Waals surface area contributed by atoms with Crippen LogP contribution in [-0.4, -0.2) is 41.8 Å². The summed E-state index contributed by atoms with van der Waals surface area (Å²) < 4.78 is 93.8. The van der Waals surface area contributed by atoms with Crippen molar-refractivity contribution in [3.05, 3.63) is 0 Å². The zero-order valence-corrected chi connectivity index (χ0v) is 16.8. The third-order valence-corrected chi connectivity index (χ3v) is 3.88. The first-order valence-electron chi connectivity index (χ1n) is 8.45. The van der Waals surface area contributed by atoms with Crippen LogP contribution in [0.25, 0.3) is 0 Å². The van der Waals surface area contributed by atoms with Crippen LogP contribution in [-0.2, 0) is 19.0 Å². The number of halogens is 6. The van der Waals surface area contributed by atoms with E-state index in [2.05, 4.69) is 9.47 Å². The van der Waals surface area contributed by atoms with E-state index >= 15 is 0 Å². The number of carbonyl (C=O) groups excluding carboxylic acids is 2. The molecule has 0 saturated heterocycles. The van der Waals surface area contributed by atoms with Gasteiger partial charge in [-0.05, 0) is 48.0 Å². The Morgan fingerprint density at radius 2 is 1.29 bits per heavy atom. The molecule has 0 radical (unpaired) electrons. The van der Waals surface area contributed by atoms with Gasteiger partial charge in [0, 0.05) is 6.42 Å². The standard InChI is InChI=1S/C17H26F6O5/c1-8-14(6,7)11(24)26-10(2)9-15(16(18,19)20,17(21,22)23)28-12(25)27-13(3,4)5/h10H,8-9H2,1-7H3. The van der Waals surface area contributed by atoms with Crippen molar-refractivity contribution in [1.82, 2.24) is 0 Å². The maximum Gasteiger partial charge on any atom is 0.510 e. The summed E-state index contributed by atoms with van der Waals surface area (Å²) in [6, 6.07) is 0. The number of hydrogen-bond acceptors (Lipinski definition) is 5. The minimum atomic E-state index is -6.04. The highest BCUT2D eigenvalue weighted by molar-refractivity contribution is 5.76. The third-order valence-electron chi connectivity index (χ3n) is 3.88. The minimum absolute atomic E-state index is 0.247. The van der Waals surface area contributed by atoms with Gasteiger partial charge in [-0.15, -0.1) is 0 Å². The molecule has 0 aliphatic rings. The van der Waals surface area contributed by atoms with Crippen LogP contribution in [0.5, 0.6) is 0 Å². The van der Waals surface area contributed by atoms with E-state index in [-0.39, 0.29) is 6.42 Å². The van der Waals surface area contributed by atoms with E-state index in [9.17, 15) is 35.9 Å². The van der Waals surface area contributed by atoms with Crippen LogP contribution in [0.4, 0.5) is 31.1 Å². The maximum absolute atomic E-state index is 13.5. The zero-order valence-electron chi connectivity index (χ0n) is 16.8. The summed E-state index contributed by atoms with van der Waals surface area (Å²) in [5, 5.41) is 0. The first-order valence-corrected chi connectivity index (χ1v) is 8.45. The Hall–Kier alpha value is -1.68. The second kappa shape index (κ2) is 8.36. The lowest BCUT2D eigenvalue weighted by Gasteiger charge is -2.38. The highest BCUT2D eigenvalue weighted by atomic mass is 19.4. The fourth-order valence-corrected chi connectivity index (χ4v) is 1.90. The van der Waals surface area contributed by atoms with Crippen molar-refractivity contribution in [1.29, 1.82) is 0 Å². The van der Waals surface area contributed by atoms with Gasteiger partial charge in [-0.3, -0.25) is 4.79 Å². The Labute approximate surface area is 159 Å². The molecular formula is C17H26F6O5. The summed E-state index contributed by atoms with van der Waals surface area (Å²) >= 11 is 0. The van der Waals surface area contributed by atoms with Crippen LogP contribution in [0, 0.1) is 5.41 Å². The van der Waals surface area contributed by atoms with Gasteiger partial charge in [-0.2, -0.15) is 26.3 Å². The molecule has 0 heterocycles. The average Bonchev–Trinajstić information content (AvgIpc) is 2.41. The van der Waals surface area contributed by atoms with Gasteiger partial charge in [-0.25, -0.2) is 4.79 Å². The summed E-state index contributed by atoms with van der Waals surface area (Å²) in [7, 11) is 0. The molecular weight excluding hydrogens is 398 g/mol. The van der Waals surface area contributed by atoms with Gasteiger partial charge in [0.15, 0.2) is 0 Å². The van der Waals surface area contributed by atoms with Gasteiger partial charge in [-0.1, -0.05) is 6.92 Å². The Bertz CT molecular complexity index is 546. The van der Waals surface area contributed by atoms with Crippen molar-refractivity contribution in [2.45, 2.75) is 91.0 Å². The first-order chi connectivity index (χ1) is 12.2. The number of ether oxygens (including phenoxy) is 3. The molecule has 166 valence electrons. The molecule has 11 heteroatoms. The quantitative estimate of drug-likeness (QED) is 0.413. The highest BCUT2D eigenvalue weighted by Gasteiger charge is 2.75. The fraction of sp³-hybridized carbons (Fsp3) is 0.882. The monoisotopic (exact) mass is 424 g/mol. The lowest BCUT2D eigenvalue weighted by molar-refractivity contribution is -0.374. The second-order valence-corrected chi connectivity index (χ2v) is 8.05. The molecule has 5 nitrogen and oxygen atoms in total. The zero-order chi connectivity index (χ0) is 22.8. The Balaban J connectivity index is 5.86. The molecule has 0 rings (SSSR count).